The summed E-state index contributed by atoms with van der Waals surface area (Å²) in [6.45, 7) is 7.06. The quantitative estimate of drug-likeness (QED) is 0.350. The molecule has 1 aliphatic rings. The van der Waals surface area contributed by atoms with Gasteiger partial charge in [0.2, 0.25) is 0 Å². The number of piperazine rings is 1. The first-order chi connectivity index (χ1) is 16.6. The SMILES string of the molecule is CCCCC(C(=C=O)c1ccc2c(Cl)c(OC)ccc2c1)N1CCN(Cc2ccccc2)CC1. The molecule has 0 bridgehead atoms. The molecule has 1 atom stereocenters. The van der Waals surface area contributed by atoms with Gasteiger partial charge in [-0.3, -0.25) is 9.80 Å². The van der Waals surface area contributed by atoms with Gasteiger partial charge in [0.15, 0.2) is 0 Å². The average molecular weight is 477 g/mol. The van der Waals surface area contributed by atoms with Gasteiger partial charge in [-0.1, -0.05) is 79.9 Å². The molecule has 4 nitrogen and oxygen atoms in total. The maximum Gasteiger partial charge on any atom is 0.138 e. The third kappa shape index (κ3) is 5.54. The molecule has 0 N–H and O–H groups in total. The standard InChI is InChI=1S/C29H33ClN2O2/c1-3-4-10-27(32-17-15-31(16-18-32)20-22-8-6-5-7-9-22)26(21-33)24-11-13-25-23(19-24)12-14-28(34-2)29(25)30/h5-9,11-14,19,27H,3-4,10,15-18,20H2,1-2H3. The van der Waals surface area contributed by atoms with E-state index >= 15 is 0 Å². The molecule has 1 saturated heterocycles. The van der Waals surface area contributed by atoms with Crippen molar-refractivity contribution in [3.8, 4) is 5.75 Å². The van der Waals surface area contributed by atoms with Crippen LogP contribution in [0.5, 0.6) is 5.75 Å². The Balaban J connectivity index is 1.53. The molecule has 3 aromatic rings. The number of fused-ring (bicyclic) bond motifs is 1. The Bertz CT molecular complexity index is 1150. The van der Waals surface area contributed by atoms with Gasteiger partial charge in [-0.2, -0.15) is 0 Å². The maximum atomic E-state index is 12.3. The number of unbranched alkanes of at least 4 members (excludes halogenated alkanes) is 1. The van der Waals surface area contributed by atoms with E-state index in [1.807, 2.05) is 24.3 Å². The summed E-state index contributed by atoms with van der Waals surface area (Å²) in [6, 6.07) is 20.6. The second kappa shape index (κ2) is 11.7. The summed E-state index contributed by atoms with van der Waals surface area (Å²) in [5.41, 5.74) is 3.02. The van der Waals surface area contributed by atoms with Gasteiger partial charge in [0.05, 0.1) is 17.7 Å². The molecule has 34 heavy (non-hydrogen) atoms. The van der Waals surface area contributed by atoms with Gasteiger partial charge >= 0.3 is 0 Å². The lowest BCUT2D eigenvalue weighted by Gasteiger charge is -2.39. The van der Waals surface area contributed by atoms with Gasteiger partial charge < -0.3 is 4.74 Å². The van der Waals surface area contributed by atoms with Crippen molar-refractivity contribution in [1.29, 1.82) is 0 Å². The fourth-order valence-corrected chi connectivity index (χ4v) is 5.21. The molecule has 0 amide bonds. The van der Waals surface area contributed by atoms with Gasteiger partial charge in [0.1, 0.15) is 11.7 Å². The largest absolute Gasteiger partial charge is 0.495 e. The number of benzene rings is 3. The molecule has 0 radical (unpaired) electrons. The molecular weight excluding hydrogens is 444 g/mol. The van der Waals surface area contributed by atoms with E-state index < -0.39 is 0 Å². The molecule has 3 aromatic carbocycles. The summed E-state index contributed by atoms with van der Waals surface area (Å²) in [5.74, 6) is 2.99. The van der Waals surface area contributed by atoms with Crippen LogP contribution in [-0.2, 0) is 11.3 Å². The Morgan fingerprint density at radius 3 is 2.50 bits per heavy atom. The molecule has 1 unspecified atom stereocenters. The van der Waals surface area contributed by atoms with E-state index in [4.69, 9.17) is 16.3 Å². The minimum atomic E-state index is 0.0718. The van der Waals surface area contributed by atoms with E-state index in [-0.39, 0.29) is 6.04 Å². The van der Waals surface area contributed by atoms with Crippen LogP contribution in [0.15, 0.2) is 60.7 Å². The average Bonchev–Trinajstić information content (AvgIpc) is 2.88. The molecule has 1 heterocycles. The predicted octanol–water partition coefficient (Wildman–Crippen LogP) is 6.09. The van der Waals surface area contributed by atoms with Crippen molar-refractivity contribution in [2.45, 2.75) is 38.8 Å². The fraction of sp³-hybridized carbons (Fsp3) is 0.379. The summed E-state index contributed by atoms with van der Waals surface area (Å²) in [7, 11) is 1.62. The topological polar surface area (TPSA) is 32.8 Å². The molecule has 4 rings (SSSR count). The number of rotatable bonds is 9. The van der Waals surface area contributed by atoms with Gasteiger partial charge in [0.25, 0.3) is 0 Å². The van der Waals surface area contributed by atoms with Crippen molar-refractivity contribution in [1.82, 2.24) is 9.80 Å². The molecule has 0 saturated carbocycles. The number of hydrogen-bond donors (Lipinski definition) is 0. The zero-order valence-corrected chi connectivity index (χ0v) is 20.9. The minimum Gasteiger partial charge on any atom is -0.495 e. The van der Waals surface area contributed by atoms with E-state index in [9.17, 15) is 4.79 Å². The van der Waals surface area contributed by atoms with Crippen LogP contribution in [0.3, 0.4) is 0 Å². The molecule has 5 heteroatoms. The van der Waals surface area contributed by atoms with Crippen molar-refractivity contribution in [3.05, 3.63) is 76.8 Å². The molecule has 0 aromatic heterocycles. The Hall–Kier alpha value is -2.62. The monoisotopic (exact) mass is 476 g/mol. The number of ether oxygens (including phenoxy) is 1. The predicted molar refractivity (Wildman–Crippen MR) is 141 cm³/mol. The van der Waals surface area contributed by atoms with Crippen LogP contribution in [0.1, 0.15) is 37.3 Å². The molecule has 1 fully saturated rings. The second-order valence-corrected chi connectivity index (χ2v) is 9.37. The number of nitrogens with zero attached hydrogens (tertiary/aromatic N) is 2. The first kappa shape index (κ1) is 24.5. The fourth-order valence-electron chi connectivity index (χ4n) is 4.90. The van der Waals surface area contributed by atoms with Crippen molar-refractivity contribution in [2.75, 3.05) is 33.3 Å². The highest BCUT2D eigenvalue weighted by molar-refractivity contribution is 6.37. The summed E-state index contributed by atoms with van der Waals surface area (Å²) in [6.07, 6.45) is 3.14. The van der Waals surface area contributed by atoms with Crippen LogP contribution in [0.25, 0.3) is 16.3 Å². The highest BCUT2D eigenvalue weighted by Crippen LogP contribution is 2.35. The first-order valence-corrected chi connectivity index (χ1v) is 12.5. The number of carbonyl (C=O) groups excluding carboxylic acids is 1. The summed E-state index contributed by atoms with van der Waals surface area (Å²) >= 11 is 6.51. The van der Waals surface area contributed by atoms with Gasteiger partial charge in [-0.25, -0.2) is 4.79 Å². The van der Waals surface area contributed by atoms with Gasteiger partial charge in [-0.15, -0.1) is 0 Å². The minimum absolute atomic E-state index is 0.0718. The van der Waals surface area contributed by atoms with E-state index in [1.54, 1.807) is 7.11 Å². The Morgan fingerprint density at radius 2 is 1.82 bits per heavy atom. The Kier molecular flexibility index (Phi) is 8.42. The van der Waals surface area contributed by atoms with E-state index in [0.717, 1.165) is 73.9 Å². The molecule has 0 aliphatic carbocycles. The lowest BCUT2D eigenvalue weighted by Crippen LogP contribution is -2.50. The van der Waals surface area contributed by atoms with Crippen LogP contribution in [-0.4, -0.2) is 55.1 Å². The summed E-state index contributed by atoms with van der Waals surface area (Å²) < 4.78 is 5.35. The highest BCUT2D eigenvalue weighted by atomic mass is 35.5. The lowest BCUT2D eigenvalue weighted by atomic mass is 9.92. The number of methoxy groups -OCH3 is 1. The van der Waals surface area contributed by atoms with Gasteiger partial charge in [0, 0.05) is 44.2 Å². The third-order valence-corrected chi connectivity index (χ3v) is 7.21. The van der Waals surface area contributed by atoms with E-state index in [2.05, 4.69) is 59.1 Å². The Morgan fingerprint density at radius 1 is 1.06 bits per heavy atom. The Labute approximate surface area is 207 Å². The van der Waals surface area contributed by atoms with Crippen molar-refractivity contribution in [2.24, 2.45) is 0 Å². The smallest absolute Gasteiger partial charge is 0.138 e. The zero-order valence-electron chi connectivity index (χ0n) is 20.1. The van der Waals surface area contributed by atoms with Gasteiger partial charge in [-0.05, 0) is 35.1 Å². The van der Waals surface area contributed by atoms with Crippen LogP contribution >= 0.6 is 11.6 Å². The normalized spacial score (nSPS) is 15.7. The first-order valence-electron chi connectivity index (χ1n) is 12.2. The number of hydrogen-bond acceptors (Lipinski definition) is 4. The summed E-state index contributed by atoms with van der Waals surface area (Å²) in [5, 5.41) is 2.52. The van der Waals surface area contributed by atoms with Crippen LogP contribution in [0, 0.1) is 0 Å². The lowest BCUT2D eigenvalue weighted by molar-refractivity contribution is 0.106. The van der Waals surface area contributed by atoms with Crippen molar-refractivity contribution >= 4 is 33.9 Å². The molecule has 178 valence electrons. The van der Waals surface area contributed by atoms with E-state index in [0.29, 0.717) is 10.8 Å². The molecule has 0 spiro atoms. The van der Waals surface area contributed by atoms with E-state index in [1.165, 1.54) is 5.56 Å². The van der Waals surface area contributed by atoms with Crippen LogP contribution in [0.4, 0.5) is 0 Å². The zero-order chi connectivity index (χ0) is 23.9. The van der Waals surface area contributed by atoms with Crippen LogP contribution in [0.2, 0.25) is 5.02 Å². The third-order valence-electron chi connectivity index (χ3n) is 6.82. The molecular formula is C29H33ClN2O2. The second-order valence-electron chi connectivity index (χ2n) is 8.99. The summed E-state index contributed by atoms with van der Waals surface area (Å²) in [4.78, 5) is 17.3. The van der Waals surface area contributed by atoms with Crippen molar-refractivity contribution < 1.29 is 9.53 Å². The maximum absolute atomic E-state index is 12.3. The van der Waals surface area contributed by atoms with Crippen molar-refractivity contribution in [3.63, 3.8) is 0 Å². The number of halogens is 1. The van der Waals surface area contributed by atoms with Crippen LogP contribution < -0.4 is 4.74 Å². The highest BCUT2D eigenvalue weighted by Gasteiger charge is 2.28. The molecule has 1 aliphatic heterocycles.